The molecule has 0 radical (unpaired) electrons. The molecule has 1 aromatic heterocycles. The van der Waals surface area contributed by atoms with Gasteiger partial charge in [0.2, 0.25) is 16.0 Å². The van der Waals surface area contributed by atoms with Crippen LogP contribution < -0.4 is 11.5 Å². The van der Waals surface area contributed by atoms with E-state index >= 15 is 0 Å². The van der Waals surface area contributed by atoms with E-state index in [1.807, 2.05) is 0 Å². The van der Waals surface area contributed by atoms with Gasteiger partial charge >= 0.3 is 0 Å². The number of carbonyl (C=O) groups is 1. The average Bonchev–Trinajstić information content (AvgIpc) is 2.83. The Balaban J connectivity index is 1.38. The van der Waals surface area contributed by atoms with Crippen LogP contribution in [0.1, 0.15) is 15.9 Å². The number of aromatic nitrogens is 2. The van der Waals surface area contributed by atoms with Gasteiger partial charge in [-0.2, -0.15) is 9.29 Å². The van der Waals surface area contributed by atoms with Gasteiger partial charge in [0.25, 0.3) is 5.91 Å². The predicted molar refractivity (Wildman–Crippen MR) is 133 cm³/mol. The molecule has 0 spiro atoms. The maximum atomic E-state index is 12.9. The zero-order valence-corrected chi connectivity index (χ0v) is 19.7. The summed E-state index contributed by atoms with van der Waals surface area (Å²) in [6, 6.07) is 15.4. The minimum absolute atomic E-state index is 0.0750. The fourth-order valence-electron chi connectivity index (χ4n) is 3.57. The molecule has 2 aromatic carbocycles. The monoisotopic (exact) mass is 498 g/mol. The van der Waals surface area contributed by atoms with Crippen LogP contribution in [0, 0.1) is 0 Å². The summed E-state index contributed by atoms with van der Waals surface area (Å²) in [5.74, 6) is 0.173. The van der Waals surface area contributed by atoms with Crippen molar-refractivity contribution in [1.29, 1.82) is 0 Å². The van der Waals surface area contributed by atoms with Crippen molar-refractivity contribution in [2.24, 2.45) is 0 Å². The quantitative estimate of drug-likeness (QED) is 0.552. The third kappa shape index (κ3) is 5.53. The highest BCUT2D eigenvalue weighted by molar-refractivity contribution is 7.92. The maximum Gasteiger partial charge on any atom is 0.253 e. The number of halogens is 1. The minimum Gasteiger partial charge on any atom is -0.384 e. The standard InChI is InChI=1S/C23H23ClN6O3S/c24-19-7-1-16(2-8-19)9-14-34(32,33)30-12-10-29(11-13-30)22(31)18-5-3-17(4-6-18)20-15-21(25)28-23(26)27-20/h1-9,14-15H,10-13H2,(H4,25,26,27,28)/b14-9+. The van der Waals surface area contributed by atoms with Crippen molar-refractivity contribution >= 4 is 45.4 Å². The van der Waals surface area contributed by atoms with Crippen LogP contribution in [-0.4, -0.2) is 59.7 Å². The Bertz CT molecular complexity index is 1300. The SMILES string of the molecule is Nc1cc(-c2ccc(C(=O)N3CCN(S(=O)(=O)/C=C/c4ccc(Cl)cc4)CC3)cc2)nc(N)n1. The first-order valence-electron chi connectivity index (χ1n) is 10.4. The lowest BCUT2D eigenvalue weighted by Crippen LogP contribution is -2.50. The maximum absolute atomic E-state index is 12.9. The zero-order chi connectivity index (χ0) is 24.3. The van der Waals surface area contributed by atoms with Crippen LogP contribution in [0.5, 0.6) is 0 Å². The molecule has 176 valence electrons. The Kier molecular flexibility index (Phi) is 6.82. The van der Waals surface area contributed by atoms with Crippen LogP contribution >= 0.6 is 11.6 Å². The van der Waals surface area contributed by atoms with E-state index in [9.17, 15) is 13.2 Å². The molecule has 1 saturated heterocycles. The molecule has 4 rings (SSSR count). The molecule has 0 bridgehead atoms. The Morgan fingerprint density at radius 1 is 0.941 bits per heavy atom. The van der Waals surface area contributed by atoms with Crippen LogP contribution in [0.4, 0.5) is 11.8 Å². The summed E-state index contributed by atoms with van der Waals surface area (Å²) < 4.78 is 26.7. The summed E-state index contributed by atoms with van der Waals surface area (Å²) in [6.07, 6.45) is 1.53. The van der Waals surface area contributed by atoms with Crippen LogP contribution in [0.2, 0.25) is 5.02 Å². The van der Waals surface area contributed by atoms with E-state index in [1.54, 1.807) is 59.5 Å². The Hall–Kier alpha value is -3.47. The molecule has 2 heterocycles. The average molecular weight is 499 g/mol. The van der Waals surface area contributed by atoms with Gasteiger partial charge in [0.15, 0.2) is 0 Å². The van der Waals surface area contributed by atoms with E-state index in [4.69, 9.17) is 23.1 Å². The molecular formula is C23H23ClN6O3S. The Morgan fingerprint density at radius 2 is 1.59 bits per heavy atom. The molecule has 11 heteroatoms. The lowest BCUT2D eigenvalue weighted by molar-refractivity contribution is 0.0698. The highest BCUT2D eigenvalue weighted by Gasteiger charge is 2.27. The minimum atomic E-state index is -3.60. The number of hydrogen-bond acceptors (Lipinski definition) is 7. The summed E-state index contributed by atoms with van der Waals surface area (Å²) >= 11 is 5.86. The van der Waals surface area contributed by atoms with Crippen LogP contribution in [0.25, 0.3) is 17.3 Å². The summed E-state index contributed by atoms with van der Waals surface area (Å²) in [6.45, 7) is 1.04. The van der Waals surface area contributed by atoms with Crippen molar-refractivity contribution in [3.8, 4) is 11.3 Å². The van der Waals surface area contributed by atoms with Crippen molar-refractivity contribution < 1.29 is 13.2 Å². The molecular weight excluding hydrogens is 476 g/mol. The molecule has 0 atom stereocenters. The predicted octanol–water partition coefficient (Wildman–Crippen LogP) is 2.72. The number of amides is 1. The van der Waals surface area contributed by atoms with Gasteiger partial charge in [-0.3, -0.25) is 4.79 Å². The topological polar surface area (TPSA) is 136 Å². The molecule has 3 aromatic rings. The van der Waals surface area contributed by atoms with Gasteiger partial charge in [0.1, 0.15) is 5.82 Å². The number of piperazine rings is 1. The highest BCUT2D eigenvalue weighted by atomic mass is 35.5. The lowest BCUT2D eigenvalue weighted by atomic mass is 10.1. The van der Waals surface area contributed by atoms with Crippen LogP contribution in [0.15, 0.2) is 60.0 Å². The van der Waals surface area contributed by atoms with E-state index in [-0.39, 0.29) is 30.8 Å². The number of sulfonamides is 1. The van der Waals surface area contributed by atoms with Gasteiger partial charge in [0, 0.05) is 53.8 Å². The largest absolute Gasteiger partial charge is 0.384 e. The van der Waals surface area contributed by atoms with Crippen molar-refractivity contribution in [1.82, 2.24) is 19.2 Å². The normalized spacial score (nSPS) is 15.0. The zero-order valence-electron chi connectivity index (χ0n) is 18.1. The molecule has 9 nitrogen and oxygen atoms in total. The molecule has 4 N–H and O–H groups in total. The van der Waals surface area contributed by atoms with Gasteiger partial charge in [-0.15, -0.1) is 0 Å². The van der Waals surface area contributed by atoms with E-state index < -0.39 is 10.0 Å². The van der Waals surface area contributed by atoms with E-state index in [2.05, 4.69) is 9.97 Å². The second-order valence-corrected chi connectivity index (χ2v) is 9.96. The summed E-state index contributed by atoms with van der Waals surface area (Å²) in [5.41, 5.74) is 13.9. The number of hydrogen-bond donors (Lipinski definition) is 2. The van der Waals surface area contributed by atoms with Gasteiger partial charge in [0.05, 0.1) is 5.69 Å². The van der Waals surface area contributed by atoms with Crippen LogP contribution in [-0.2, 0) is 10.0 Å². The second-order valence-electron chi connectivity index (χ2n) is 7.70. The summed E-state index contributed by atoms with van der Waals surface area (Å²) in [5, 5.41) is 1.76. The van der Waals surface area contributed by atoms with E-state index in [0.717, 1.165) is 11.1 Å². The first kappa shape index (κ1) is 23.7. The summed E-state index contributed by atoms with van der Waals surface area (Å²) in [7, 11) is -3.60. The number of anilines is 2. The number of nitrogens with two attached hydrogens (primary N) is 2. The smallest absolute Gasteiger partial charge is 0.253 e. The second kappa shape index (κ2) is 9.80. The Morgan fingerprint density at radius 3 is 2.21 bits per heavy atom. The number of nitrogen functional groups attached to an aromatic ring is 2. The fraction of sp³-hybridized carbons (Fsp3) is 0.174. The number of rotatable bonds is 5. The molecule has 0 saturated carbocycles. The third-order valence-corrected chi connectivity index (χ3v) is 7.20. The molecule has 1 aliphatic heterocycles. The Labute approximate surface area is 202 Å². The molecule has 1 amide bonds. The molecule has 34 heavy (non-hydrogen) atoms. The molecule has 0 unspecified atom stereocenters. The van der Waals surface area contributed by atoms with Gasteiger partial charge in [-0.25, -0.2) is 13.4 Å². The first-order valence-corrected chi connectivity index (χ1v) is 12.3. The van der Waals surface area contributed by atoms with Crippen molar-refractivity contribution in [3.63, 3.8) is 0 Å². The molecule has 1 fully saturated rings. The fourth-order valence-corrected chi connectivity index (χ4v) is 4.87. The van der Waals surface area contributed by atoms with Crippen molar-refractivity contribution in [2.45, 2.75) is 0 Å². The first-order chi connectivity index (χ1) is 16.2. The van der Waals surface area contributed by atoms with Gasteiger partial charge in [-0.05, 0) is 35.9 Å². The molecule has 0 aliphatic carbocycles. The lowest BCUT2D eigenvalue weighted by Gasteiger charge is -2.33. The molecule has 1 aliphatic rings. The van der Waals surface area contributed by atoms with Gasteiger partial charge < -0.3 is 16.4 Å². The number of benzene rings is 2. The number of carbonyl (C=O) groups excluding carboxylic acids is 1. The number of nitrogens with zero attached hydrogens (tertiary/aromatic N) is 4. The third-order valence-electron chi connectivity index (χ3n) is 5.38. The van der Waals surface area contributed by atoms with Crippen LogP contribution in [0.3, 0.4) is 0 Å². The summed E-state index contributed by atoms with van der Waals surface area (Å²) in [4.78, 5) is 22.6. The van der Waals surface area contributed by atoms with E-state index in [0.29, 0.717) is 29.4 Å². The van der Waals surface area contributed by atoms with Crippen molar-refractivity contribution in [2.75, 3.05) is 37.6 Å². The van der Waals surface area contributed by atoms with Gasteiger partial charge in [-0.1, -0.05) is 35.9 Å². The van der Waals surface area contributed by atoms with Crippen molar-refractivity contribution in [3.05, 3.63) is 76.2 Å². The van der Waals surface area contributed by atoms with E-state index in [1.165, 1.54) is 15.8 Å². The highest BCUT2D eigenvalue weighted by Crippen LogP contribution is 2.21.